The van der Waals surface area contributed by atoms with E-state index in [0.717, 1.165) is 18.8 Å². The topological polar surface area (TPSA) is 26.3 Å². The number of carbonyl (C=O) groups is 1. The van der Waals surface area contributed by atoms with Crippen molar-refractivity contribution in [1.29, 1.82) is 0 Å². The fourth-order valence-electron chi connectivity index (χ4n) is 3.01. The lowest BCUT2D eigenvalue weighted by atomic mass is 9.96. The molecular weight excluding hydrogens is 296 g/mol. The highest BCUT2D eigenvalue weighted by atomic mass is 16.5. The van der Waals surface area contributed by atoms with Crippen molar-refractivity contribution < 1.29 is 9.53 Å². The second-order valence-electron chi connectivity index (χ2n) is 7.49. The van der Waals surface area contributed by atoms with Gasteiger partial charge in [-0.25, -0.2) is 4.79 Å². The smallest absolute Gasteiger partial charge is 0.333 e. The third-order valence-electron chi connectivity index (χ3n) is 4.72. The summed E-state index contributed by atoms with van der Waals surface area (Å²) in [7, 11) is 0. The lowest BCUT2D eigenvalue weighted by Crippen LogP contribution is -2.05. The molecule has 0 heterocycles. The average Bonchev–Trinajstić information content (AvgIpc) is 2.56. The molecule has 0 amide bonds. The van der Waals surface area contributed by atoms with Gasteiger partial charge in [-0.1, -0.05) is 104 Å². The van der Waals surface area contributed by atoms with Crippen molar-refractivity contribution in [3.63, 3.8) is 0 Å². The minimum absolute atomic E-state index is 0.255. The summed E-state index contributed by atoms with van der Waals surface area (Å²) in [6, 6.07) is 0. The van der Waals surface area contributed by atoms with Crippen molar-refractivity contribution in [3.05, 3.63) is 12.2 Å². The van der Waals surface area contributed by atoms with Crippen molar-refractivity contribution in [2.75, 3.05) is 6.61 Å². The van der Waals surface area contributed by atoms with Crippen LogP contribution in [0.25, 0.3) is 0 Å². The Morgan fingerprint density at radius 3 is 1.79 bits per heavy atom. The molecule has 24 heavy (non-hydrogen) atoms. The zero-order chi connectivity index (χ0) is 18.0. The second kappa shape index (κ2) is 17.0. The van der Waals surface area contributed by atoms with Crippen LogP contribution in [0.3, 0.4) is 0 Å². The summed E-state index contributed by atoms with van der Waals surface area (Å²) in [5.41, 5.74) is 0.491. The first-order chi connectivity index (χ1) is 11.6. The standard InChI is InChI=1S/C22H42O2/c1-5-6-7-14-17-21(4)18-15-12-10-8-9-11-13-16-19-24-22(23)20(2)3/h21H,2,5-19H2,1,3-4H3. The van der Waals surface area contributed by atoms with Crippen molar-refractivity contribution in [1.82, 2.24) is 0 Å². The normalized spacial score (nSPS) is 12.1. The van der Waals surface area contributed by atoms with Crippen molar-refractivity contribution in [2.24, 2.45) is 5.92 Å². The number of rotatable bonds is 17. The van der Waals surface area contributed by atoms with E-state index >= 15 is 0 Å². The number of hydrogen-bond donors (Lipinski definition) is 0. The summed E-state index contributed by atoms with van der Waals surface area (Å²) >= 11 is 0. The Morgan fingerprint density at radius 2 is 1.29 bits per heavy atom. The van der Waals surface area contributed by atoms with Crippen LogP contribution in [0.4, 0.5) is 0 Å². The van der Waals surface area contributed by atoms with Gasteiger partial charge in [-0.2, -0.15) is 0 Å². The highest BCUT2D eigenvalue weighted by Gasteiger charge is 2.03. The monoisotopic (exact) mass is 338 g/mol. The fourth-order valence-corrected chi connectivity index (χ4v) is 3.01. The quantitative estimate of drug-likeness (QED) is 0.159. The second-order valence-corrected chi connectivity index (χ2v) is 7.49. The van der Waals surface area contributed by atoms with Crippen LogP contribution in [0, 0.1) is 5.92 Å². The molecule has 0 spiro atoms. The summed E-state index contributed by atoms with van der Waals surface area (Å²) < 4.78 is 5.09. The molecule has 0 rings (SSSR count). The maximum Gasteiger partial charge on any atom is 0.333 e. The molecule has 2 heteroatoms. The van der Waals surface area contributed by atoms with E-state index in [1.165, 1.54) is 77.0 Å². The molecule has 0 saturated heterocycles. The summed E-state index contributed by atoms with van der Waals surface area (Å²) in [6.45, 7) is 10.5. The number of carbonyl (C=O) groups excluding carboxylic acids is 1. The van der Waals surface area contributed by atoms with Crippen molar-refractivity contribution in [3.8, 4) is 0 Å². The molecule has 0 aromatic heterocycles. The van der Waals surface area contributed by atoms with Crippen LogP contribution in [0.1, 0.15) is 111 Å². The van der Waals surface area contributed by atoms with Crippen molar-refractivity contribution in [2.45, 2.75) is 111 Å². The van der Waals surface area contributed by atoms with E-state index in [-0.39, 0.29) is 5.97 Å². The summed E-state index contributed by atoms with van der Waals surface area (Å²) in [6.07, 6.45) is 18.7. The zero-order valence-corrected chi connectivity index (χ0v) is 16.7. The minimum atomic E-state index is -0.255. The van der Waals surface area contributed by atoms with Gasteiger partial charge in [-0.15, -0.1) is 0 Å². The van der Waals surface area contributed by atoms with Crippen LogP contribution in [-0.2, 0) is 9.53 Å². The van der Waals surface area contributed by atoms with Crippen LogP contribution in [0.15, 0.2) is 12.2 Å². The van der Waals surface area contributed by atoms with E-state index < -0.39 is 0 Å². The van der Waals surface area contributed by atoms with Gasteiger partial charge in [-0.05, 0) is 19.3 Å². The lowest BCUT2D eigenvalue weighted by Gasteiger charge is -2.10. The summed E-state index contributed by atoms with van der Waals surface area (Å²) in [5.74, 6) is 0.665. The number of hydrogen-bond acceptors (Lipinski definition) is 2. The molecule has 0 aliphatic rings. The predicted molar refractivity (Wildman–Crippen MR) is 105 cm³/mol. The molecule has 0 bridgehead atoms. The summed E-state index contributed by atoms with van der Waals surface area (Å²) in [5, 5.41) is 0. The first kappa shape index (κ1) is 23.2. The fraction of sp³-hybridized carbons (Fsp3) is 0.864. The molecule has 1 unspecified atom stereocenters. The first-order valence-electron chi connectivity index (χ1n) is 10.4. The van der Waals surface area contributed by atoms with Crippen LogP contribution in [-0.4, -0.2) is 12.6 Å². The minimum Gasteiger partial charge on any atom is -0.462 e. The van der Waals surface area contributed by atoms with E-state index in [2.05, 4.69) is 20.4 Å². The predicted octanol–water partition coefficient (Wildman–Crippen LogP) is 7.22. The maximum absolute atomic E-state index is 11.2. The highest BCUT2D eigenvalue weighted by Crippen LogP contribution is 2.18. The van der Waals surface area contributed by atoms with Gasteiger partial charge in [0.25, 0.3) is 0 Å². The number of esters is 1. The Morgan fingerprint density at radius 1 is 0.833 bits per heavy atom. The van der Waals surface area contributed by atoms with Gasteiger partial charge in [-0.3, -0.25) is 0 Å². The first-order valence-corrected chi connectivity index (χ1v) is 10.4. The Kier molecular flexibility index (Phi) is 16.5. The van der Waals surface area contributed by atoms with E-state index in [9.17, 15) is 4.79 Å². The van der Waals surface area contributed by atoms with E-state index in [4.69, 9.17) is 4.74 Å². The molecule has 142 valence electrons. The Hall–Kier alpha value is -0.790. The highest BCUT2D eigenvalue weighted by molar-refractivity contribution is 5.86. The van der Waals surface area contributed by atoms with E-state index in [1.807, 2.05) is 0 Å². The van der Waals surface area contributed by atoms with E-state index in [0.29, 0.717) is 12.2 Å². The van der Waals surface area contributed by atoms with Crippen molar-refractivity contribution >= 4 is 5.97 Å². The largest absolute Gasteiger partial charge is 0.462 e. The SMILES string of the molecule is C=C(C)C(=O)OCCCCCCCCCCC(C)CCCCCC. The maximum atomic E-state index is 11.2. The van der Waals surface area contributed by atoms with E-state index in [1.54, 1.807) is 6.92 Å². The third kappa shape index (κ3) is 16.1. The third-order valence-corrected chi connectivity index (χ3v) is 4.72. The summed E-state index contributed by atoms with van der Waals surface area (Å²) in [4.78, 5) is 11.2. The van der Waals surface area contributed by atoms with Crippen LogP contribution < -0.4 is 0 Å². The number of ether oxygens (including phenoxy) is 1. The van der Waals surface area contributed by atoms with Crippen LogP contribution in [0.5, 0.6) is 0 Å². The van der Waals surface area contributed by atoms with Gasteiger partial charge in [0, 0.05) is 5.57 Å². The molecule has 2 nitrogen and oxygen atoms in total. The van der Waals surface area contributed by atoms with Gasteiger partial charge < -0.3 is 4.74 Å². The molecule has 0 radical (unpaired) electrons. The average molecular weight is 339 g/mol. The molecular formula is C22H42O2. The molecule has 0 fully saturated rings. The van der Waals surface area contributed by atoms with Crippen LogP contribution >= 0.6 is 0 Å². The number of unbranched alkanes of at least 4 members (excludes halogenated alkanes) is 10. The lowest BCUT2D eigenvalue weighted by molar-refractivity contribution is -0.139. The molecule has 0 N–H and O–H groups in total. The van der Waals surface area contributed by atoms with Gasteiger partial charge >= 0.3 is 5.97 Å². The molecule has 1 atom stereocenters. The van der Waals surface area contributed by atoms with Gasteiger partial charge in [0.1, 0.15) is 0 Å². The molecule has 0 aliphatic heterocycles. The van der Waals surface area contributed by atoms with Gasteiger partial charge in [0.15, 0.2) is 0 Å². The Labute approximate surface area is 151 Å². The van der Waals surface area contributed by atoms with Gasteiger partial charge in [0.2, 0.25) is 0 Å². The molecule has 0 aromatic carbocycles. The van der Waals surface area contributed by atoms with Gasteiger partial charge in [0.05, 0.1) is 6.61 Å². The Balaban J connectivity index is 3.19. The molecule has 0 saturated carbocycles. The van der Waals surface area contributed by atoms with Crippen LogP contribution in [0.2, 0.25) is 0 Å². The zero-order valence-electron chi connectivity index (χ0n) is 16.7. The molecule has 0 aliphatic carbocycles. The molecule has 0 aromatic rings. The Bertz CT molecular complexity index is 309.